The van der Waals surface area contributed by atoms with Crippen LogP contribution >= 0.6 is 0 Å². The van der Waals surface area contributed by atoms with Crippen molar-refractivity contribution in [2.45, 2.75) is 0 Å². The van der Waals surface area contributed by atoms with Crippen LogP contribution in [0.2, 0.25) is 0 Å². The Hall–Kier alpha value is -1.06. The summed E-state index contributed by atoms with van der Waals surface area (Å²) in [6, 6.07) is -0.161. The Labute approximate surface area is 47.0 Å². The molecule has 0 aromatic heterocycles. The van der Waals surface area contributed by atoms with E-state index in [9.17, 15) is 4.79 Å². The number of carbonyl (C=O) groups excluding carboxylic acids is 1. The molecule has 1 fully saturated rings. The van der Waals surface area contributed by atoms with Gasteiger partial charge < -0.3 is 5.32 Å². The van der Waals surface area contributed by atoms with Crippen LogP contribution in [0.3, 0.4) is 0 Å². The van der Waals surface area contributed by atoms with E-state index in [1.165, 1.54) is 0 Å². The maximum Gasteiger partial charge on any atom is 0.320 e. The molecule has 0 radical (unpaired) electrons. The molecular formula is C4H7N3O. The molecule has 2 amide bonds. The lowest BCUT2D eigenvalue weighted by molar-refractivity contribution is 0.249. The molecule has 0 bridgehead atoms. The summed E-state index contributed by atoms with van der Waals surface area (Å²) in [5.74, 6) is 0.704. The fourth-order valence-electron chi connectivity index (χ4n) is 0.518. The van der Waals surface area contributed by atoms with Crippen LogP contribution in [0.4, 0.5) is 4.79 Å². The normalized spacial score (nSPS) is 23.1. The van der Waals surface area contributed by atoms with Gasteiger partial charge in [0.1, 0.15) is 5.84 Å². The van der Waals surface area contributed by atoms with Crippen molar-refractivity contribution in [2.24, 2.45) is 4.99 Å². The molecule has 4 nitrogen and oxygen atoms in total. The third-order valence-electron chi connectivity index (χ3n) is 0.944. The highest BCUT2D eigenvalue weighted by molar-refractivity contribution is 6.04. The Balaban J connectivity index is 2.56. The molecule has 1 heterocycles. The molecule has 0 aliphatic carbocycles. The van der Waals surface area contributed by atoms with Gasteiger partial charge in [-0.25, -0.2) is 4.79 Å². The van der Waals surface area contributed by atoms with E-state index in [1.54, 1.807) is 7.05 Å². The molecule has 1 saturated heterocycles. The number of carbonyl (C=O) groups is 1. The van der Waals surface area contributed by atoms with Crippen molar-refractivity contribution < 1.29 is 4.79 Å². The van der Waals surface area contributed by atoms with E-state index in [0.717, 1.165) is 0 Å². The zero-order valence-electron chi connectivity index (χ0n) is 4.56. The van der Waals surface area contributed by atoms with Gasteiger partial charge in [-0.2, -0.15) is 0 Å². The van der Waals surface area contributed by atoms with Gasteiger partial charge in [0, 0.05) is 7.05 Å². The highest BCUT2D eigenvalue weighted by Crippen LogP contribution is 1.78. The van der Waals surface area contributed by atoms with Crippen LogP contribution in [0, 0.1) is 0 Å². The van der Waals surface area contributed by atoms with Gasteiger partial charge in [-0.15, -0.1) is 0 Å². The van der Waals surface area contributed by atoms with Gasteiger partial charge in [0.25, 0.3) is 0 Å². The fraction of sp³-hybridized carbons (Fsp3) is 0.500. The van der Waals surface area contributed by atoms with E-state index in [4.69, 9.17) is 0 Å². The molecule has 0 aromatic rings. The maximum absolute atomic E-state index is 10.3. The summed E-state index contributed by atoms with van der Waals surface area (Å²) in [5.41, 5.74) is 0. The number of hydrogen-bond acceptors (Lipinski definition) is 2. The highest BCUT2D eigenvalue weighted by atomic mass is 16.2. The van der Waals surface area contributed by atoms with Crippen LogP contribution in [-0.4, -0.2) is 25.5 Å². The Morgan fingerprint density at radius 3 is 2.75 bits per heavy atom. The second-order valence-corrected chi connectivity index (χ2v) is 1.48. The van der Waals surface area contributed by atoms with Crippen molar-refractivity contribution in [1.29, 1.82) is 0 Å². The standard InChI is InChI=1S/C4H7N3O/c1-5-3-2-6-4(8)7-3/h2H2,1H3,(H2,5,6,7,8). The third kappa shape index (κ3) is 0.776. The summed E-state index contributed by atoms with van der Waals surface area (Å²) in [6.45, 7) is 0.537. The second kappa shape index (κ2) is 1.81. The van der Waals surface area contributed by atoms with Crippen molar-refractivity contribution in [2.75, 3.05) is 13.6 Å². The summed E-state index contributed by atoms with van der Waals surface area (Å²) in [6.07, 6.45) is 0. The summed E-state index contributed by atoms with van der Waals surface area (Å²) in [7, 11) is 1.64. The average Bonchev–Trinajstić information content (AvgIpc) is 2.14. The van der Waals surface area contributed by atoms with Gasteiger partial charge in [0.05, 0.1) is 6.54 Å². The lowest BCUT2D eigenvalue weighted by Crippen LogP contribution is -2.22. The highest BCUT2D eigenvalue weighted by Gasteiger charge is 2.11. The first-order chi connectivity index (χ1) is 3.83. The largest absolute Gasteiger partial charge is 0.331 e. The van der Waals surface area contributed by atoms with Gasteiger partial charge in [0.15, 0.2) is 0 Å². The minimum Gasteiger partial charge on any atom is -0.331 e. The van der Waals surface area contributed by atoms with E-state index in [0.29, 0.717) is 12.4 Å². The molecule has 1 rings (SSSR count). The van der Waals surface area contributed by atoms with Gasteiger partial charge in [0.2, 0.25) is 0 Å². The first kappa shape index (κ1) is 5.08. The average molecular weight is 113 g/mol. The Morgan fingerprint density at radius 2 is 2.50 bits per heavy atom. The predicted octanol–water partition coefficient (Wildman–Crippen LogP) is -0.673. The van der Waals surface area contributed by atoms with Crippen LogP contribution in [0.15, 0.2) is 4.99 Å². The number of hydrogen-bond donors (Lipinski definition) is 2. The monoisotopic (exact) mass is 113 g/mol. The number of nitrogens with one attached hydrogen (secondary N) is 2. The number of nitrogens with zero attached hydrogens (tertiary/aromatic N) is 1. The van der Waals surface area contributed by atoms with Crippen LogP contribution in [0.1, 0.15) is 0 Å². The lowest BCUT2D eigenvalue weighted by atomic mass is 10.6. The fourth-order valence-corrected chi connectivity index (χ4v) is 0.518. The zero-order valence-corrected chi connectivity index (χ0v) is 4.56. The first-order valence-electron chi connectivity index (χ1n) is 2.33. The van der Waals surface area contributed by atoms with Crippen LogP contribution < -0.4 is 10.6 Å². The molecule has 44 valence electrons. The number of aliphatic imine (C=N–C) groups is 1. The quantitative estimate of drug-likeness (QED) is 0.430. The van der Waals surface area contributed by atoms with Crippen LogP contribution in [0.25, 0.3) is 0 Å². The van der Waals surface area contributed by atoms with Gasteiger partial charge in [-0.3, -0.25) is 10.3 Å². The van der Waals surface area contributed by atoms with Gasteiger partial charge >= 0.3 is 6.03 Å². The number of amidine groups is 1. The third-order valence-corrected chi connectivity index (χ3v) is 0.944. The summed E-state index contributed by atoms with van der Waals surface area (Å²) < 4.78 is 0. The van der Waals surface area contributed by atoms with Gasteiger partial charge in [-0.1, -0.05) is 0 Å². The molecule has 2 N–H and O–H groups in total. The van der Waals surface area contributed by atoms with E-state index in [1.807, 2.05) is 0 Å². The van der Waals surface area contributed by atoms with Crippen molar-refractivity contribution in [3.05, 3.63) is 0 Å². The topological polar surface area (TPSA) is 53.5 Å². The second-order valence-electron chi connectivity index (χ2n) is 1.48. The van der Waals surface area contributed by atoms with Crippen molar-refractivity contribution >= 4 is 11.9 Å². The number of amides is 2. The van der Waals surface area contributed by atoms with E-state index >= 15 is 0 Å². The molecule has 8 heavy (non-hydrogen) atoms. The van der Waals surface area contributed by atoms with Crippen molar-refractivity contribution in [1.82, 2.24) is 10.6 Å². The minimum absolute atomic E-state index is 0.161. The Kier molecular flexibility index (Phi) is 1.15. The van der Waals surface area contributed by atoms with Crippen molar-refractivity contribution in [3.63, 3.8) is 0 Å². The zero-order chi connectivity index (χ0) is 5.98. The molecular weight excluding hydrogens is 106 g/mol. The summed E-state index contributed by atoms with van der Waals surface area (Å²) >= 11 is 0. The molecule has 0 aromatic carbocycles. The molecule has 0 spiro atoms. The van der Waals surface area contributed by atoms with E-state index < -0.39 is 0 Å². The number of urea groups is 1. The molecule has 0 unspecified atom stereocenters. The minimum atomic E-state index is -0.161. The first-order valence-corrected chi connectivity index (χ1v) is 2.33. The SMILES string of the molecule is CN=C1CNC(=O)N1. The van der Waals surface area contributed by atoms with Crippen molar-refractivity contribution in [3.8, 4) is 0 Å². The Morgan fingerprint density at radius 1 is 1.75 bits per heavy atom. The van der Waals surface area contributed by atoms with E-state index in [-0.39, 0.29) is 6.03 Å². The molecule has 0 atom stereocenters. The van der Waals surface area contributed by atoms with Crippen LogP contribution in [0.5, 0.6) is 0 Å². The lowest BCUT2D eigenvalue weighted by Gasteiger charge is -1.85. The Bertz CT molecular complexity index is 140. The maximum atomic E-state index is 10.3. The predicted molar refractivity (Wildman–Crippen MR) is 29.9 cm³/mol. The summed E-state index contributed by atoms with van der Waals surface area (Å²) in [4.78, 5) is 14.1. The molecule has 0 saturated carbocycles. The van der Waals surface area contributed by atoms with Gasteiger partial charge in [-0.05, 0) is 0 Å². The summed E-state index contributed by atoms with van der Waals surface area (Å²) in [5, 5.41) is 5.04. The molecule has 4 heteroatoms. The molecule has 1 aliphatic heterocycles. The smallest absolute Gasteiger partial charge is 0.320 e. The van der Waals surface area contributed by atoms with E-state index in [2.05, 4.69) is 15.6 Å². The molecule has 1 aliphatic rings. The van der Waals surface area contributed by atoms with Crippen LogP contribution in [-0.2, 0) is 0 Å². The number of rotatable bonds is 0.